The van der Waals surface area contributed by atoms with Crippen LogP contribution < -0.4 is 15.4 Å². The minimum absolute atomic E-state index is 0.0630. The molecule has 2 aliphatic rings. The lowest BCUT2D eigenvalue weighted by atomic mass is 9.57. The summed E-state index contributed by atoms with van der Waals surface area (Å²) in [5, 5.41) is 17.8. The van der Waals surface area contributed by atoms with Crippen LogP contribution in [0.25, 0.3) is 0 Å². The van der Waals surface area contributed by atoms with E-state index in [4.69, 9.17) is 4.74 Å². The Kier molecular flexibility index (Phi) is 7.07. The van der Waals surface area contributed by atoms with E-state index >= 15 is 0 Å². The second-order valence-corrected chi connectivity index (χ2v) is 11.2. The van der Waals surface area contributed by atoms with Gasteiger partial charge in [-0.15, -0.1) is 0 Å². The smallest absolute Gasteiger partial charge is 0.220 e. The maximum absolute atomic E-state index is 12.8. The number of hydrogen-bond donors (Lipinski definition) is 3. The van der Waals surface area contributed by atoms with E-state index in [-0.39, 0.29) is 16.7 Å². The van der Waals surface area contributed by atoms with E-state index in [0.29, 0.717) is 31.0 Å². The van der Waals surface area contributed by atoms with Crippen LogP contribution in [0.4, 0.5) is 0 Å². The van der Waals surface area contributed by atoms with Crippen LogP contribution in [0.1, 0.15) is 78.7 Å². The summed E-state index contributed by atoms with van der Waals surface area (Å²) in [5.74, 6) is 1.34. The molecule has 5 nitrogen and oxygen atoms in total. The molecule has 0 bridgehead atoms. The van der Waals surface area contributed by atoms with Crippen LogP contribution in [0.2, 0.25) is 0 Å². The Morgan fingerprint density at radius 1 is 1.16 bits per heavy atom. The molecule has 1 aromatic rings. The lowest BCUT2D eigenvalue weighted by Crippen LogP contribution is -2.52. The van der Waals surface area contributed by atoms with Gasteiger partial charge in [0, 0.05) is 25.0 Å². The maximum atomic E-state index is 12.8. The van der Waals surface area contributed by atoms with Crippen LogP contribution in [0.5, 0.6) is 5.75 Å². The minimum Gasteiger partial charge on any atom is -0.497 e. The lowest BCUT2D eigenvalue weighted by molar-refractivity contribution is -0.123. The molecule has 31 heavy (non-hydrogen) atoms. The number of fused-ring (bicyclic) bond motifs is 1. The topological polar surface area (TPSA) is 70.6 Å². The van der Waals surface area contributed by atoms with Gasteiger partial charge in [-0.1, -0.05) is 39.8 Å². The predicted octanol–water partition coefficient (Wildman–Crippen LogP) is 4.43. The Labute approximate surface area is 188 Å². The molecule has 0 spiro atoms. The molecule has 5 heteroatoms. The number of carbonyl (C=O) groups excluding carboxylic acids is 1. The molecule has 4 unspecified atom stereocenters. The number of ether oxygens (including phenoxy) is 1. The van der Waals surface area contributed by atoms with Crippen LogP contribution in [-0.4, -0.2) is 35.8 Å². The second kappa shape index (κ2) is 9.11. The second-order valence-electron chi connectivity index (χ2n) is 11.2. The number of benzene rings is 1. The van der Waals surface area contributed by atoms with E-state index in [9.17, 15) is 9.90 Å². The molecule has 1 aromatic carbocycles. The largest absolute Gasteiger partial charge is 0.497 e. The molecule has 0 aliphatic heterocycles. The number of rotatable bonds is 8. The quantitative estimate of drug-likeness (QED) is 0.571. The Hall–Kier alpha value is -1.59. The summed E-state index contributed by atoms with van der Waals surface area (Å²) in [4.78, 5) is 12.8. The summed E-state index contributed by atoms with van der Waals surface area (Å²) < 4.78 is 5.20. The van der Waals surface area contributed by atoms with Gasteiger partial charge in [0.05, 0.1) is 12.7 Å². The van der Waals surface area contributed by atoms with Crippen LogP contribution in [0.15, 0.2) is 24.3 Å². The fourth-order valence-corrected chi connectivity index (χ4v) is 6.24. The molecule has 2 saturated carbocycles. The van der Waals surface area contributed by atoms with Gasteiger partial charge in [-0.05, 0) is 73.5 Å². The first kappa shape index (κ1) is 24.1. The number of nitrogens with one attached hydrogen (secondary N) is 2. The van der Waals surface area contributed by atoms with Gasteiger partial charge in [-0.25, -0.2) is 0 Å². The summed E-state index contributed by atoms with van der Waals surface area (Å²) in [6, 6.07) is 8.60. The Balaban J connectivity index is 1.68. The zero-order valence-electron chi connectivity index (χ0n) is 20.3. The zero-order chi connectivity index (χ0) is 22.9. The third kappa shape index (κ3) is 5.43. The molecule has 3 rings (SSSR count). The van der Waals surface area contributed by atoms with Crippen LogP contribution in [0.3, 0.4) is 0 Å². The van der Waals surface area contributed by atoms with Crippen LogP contribution >= 0.6 is 0 Å². The highest BCUT2D eigenvalue weighted by Gasteiger charge is 2.61. The van der Waals surface area contributed by atoms with Crippen molar-refractivity contribution in [2.24, 2.45) is 16.7 Å². The maximum Gasteiger partial charge on any atom is 0.220 e. The highest BCUT2D eigenvalue weighted by molar-refractivity contribution is 5.76. The first-order chi connectivity index (χ1) is 14.5. The fraction of sp³-hybridized carbons (Fsp3) is 0.731. The average molecular weight is 431 g/mol. The number of methoxy groups -OCH3 is 1. The highest BCUT2D eigenvalue weighted by Crippen LogP contribution is 2.63. The summed E-state index contributed by atoms with van der Waals surface area (Å²) in [6.07, 6.45) is 5.11. The molecular weight excluding hydrogens is 388 g/mol. The summed E-state index contributed by atoms with van der Waals surface area (Å²) in [7, 11) is 1.65. The van der Waals surface area contributed by atoms with E-state index in [1.54, 1.807) is 7.11 Å². The standard InChI is InChI=1S/C26H42N2O3/c1-18(2)28-22-16-24(3,4)21-15-25(5,30)13-14-26(21,22)12-11-23(29)27-17-19-7-9-20(31-6)10-8-19/h7-10,18,21-22,28,30H,11-17H2,1-6H3,(H,27,29). The van der Waals surface area contributed by atoms with E-state index in [2.05, 4.69) is 38.3 Å². The van der Waals surface area contributed by atoms with E-state index in [1.165, 1.54) is 0 Å². The van der Waals surface area contributed by atoms with Crippen molar-refractivity contribution in [3.8, 4) is 5.75 Å². The Morgan fingerprint density at radius 3 is 2.45 bits per heavy atom. The zero-order valence-corrected chi connectivity index (χ0v) is 20.3. The third-order valence-corrected chi connectivity index (χ3v) is 7.84. The van der Waals surface area contributed by atoms with Crippen molar-refractivity contribution in [1.29, 1.82) is 0 Å². The number of aliphatic hydroxyl groups is 1. The van der Waals surface area contributed by atoms with E-state index < -0.39 is 5.60 Å². The Bertz CT molecular complexity index is 756. The van der Waals surface area contributed by atoms with Crippen molar-refractivity contribution in [3.05, 3.63) is 29.8 Å². The molecule has 0 radical (unpaired) electrons. The van der Waals surface area contributed by atoms with Gasteiger partial charge in [0.1, 0.15) is 5.75 Å². The first-order valence-corrected chi connectivity index (χ1v) is 11.9. The van der Waals surface area contributed by atoms with Gasteiger partial charge in [0.15, 0.2) is 0 Å². The first-order valence-electron chi connectivity index (χ1n) is 11.9. The Morgan fingerprint density at radius 2 is 1.84 bits per heavy atom. The predicted molar refractivity (Wildman–Crippen MR) is 125 cm³/mol. The molecular formula is C26H42N2O3. The van der Waals surface area contributed by atoms with Crippen molar-refractivity contribution < 1.29 is 14.6 Å². The SMILES string of the molecule is COc1ccc(CNC(=O)CCC23CCC(C)(O)CC2C(C)(C)CC3NC(C)C)cc1. The minimum atomic E-state index is -0.602. The summed E-state index contributed by atoms with van der Waals surface area (Å²) in [6.45, 7) is 11.6. The molecule has 2 fully saturated rings. The van der Waals surface area contributed by atoms with Gasteiger partial charge in [-0.3, -0.25) is 4.79 Å². The van der Waals surface area contributed by atoms with Crippen molar-refractivity contribution in [2.45, 2.75) is 97.4 Å². The number of amides is 1. The van der Waals surface area contributed by atoms with Crippen molar-refractivity contribution in [2.75, 3.05) is 7.11 Å². The van der Waals surface area contributed by atoms with Crippen LogP contribution in [0, 0.1) is 16.7 Å². The average Bonchev–Trinajstić information content (AvgIpc) is 2.90. The number of hydrogen-bond acceptors (Lipinski definition) is 4. The van der Waals surface area contributed by atoms with Crippen molar-refractivity contribution in [1.82, 2.24) is 10.6 Å². The van der Waals surface area contributed by atoms with Crippen LogP contribution in [-0.2, 0) is 11.3 Å². The third-order valence-electron chi connectivity index (χ3n) is 7.84. The molecule has 1 amide bonds. The van der Waals surface area contributed by atoms with Crippen molar-refractivity contribution >= 4 is 5.91 Å². The highest BCUT2D eigenvalue weighted by atomic mass is 16.5. The van der Waals surface area contributed by atoms with Gasteiger partial charge < -0.3 is 20.5 Å². The molecule has 3 N–H and O–H groups in total. The molecule has 0 saturated heterocycles. The lowest BCUT2D eigenvalue weighted by Gasteiger charge is -2.51. The van der Waals surface area contributed by atoms with Gasteiger partial charge >= 0.3 is 0 Å². The fourth-order valence-electron chi connectivity index (χ4n) is 6.24. The summed E-state index contributed by atoms with van der Waals surface area (Å²) in [5.41, 5.74) is 0.680. The van der Waals surface area contributed by atoms with E-state index in [1.807, 2.05) is 31.2 Å². The molecule has 174 valence electrons. The normalized spacial score (nSPS) is 32.0. The summed E-state index contributed by atoms with van der Waals surface area (Å²) >= 11 is 0. The molecule has 0 heterocycles. The van der Waals surface area contributed by atoms with E-state index in [0.717, 1.165) is 43.4 Å². The van der Waals surface area contributed by atoms with Gasteiger partial charge in [0.2, 0.25) is 5.91 Å². The van der Waals surface area contributed by atoms with Crippen molar-refractivity contribution in [3.63, 3.8) is 0 Å². The van der Waals surface area contributed by atoms with Gasteiger partial charge in [-0.2, -0.15) is 0 Å². The molecule has 4 atom stereocenters. The molecule has 2 aliphatic carbocycles. The number of carbonyl (C=O) groups is 1. The molecule has 0 aromatic heterocycles. The monoisotopic (exact) mass is 430 g/mol. The van der Waals surface area contributed by atoms with Gasteiger partial charge in [0.25, 0.3) is 0 Å².